The summed E-state index contributed by atoms with van der Waals surface area (Å²) >= 11 is 0. The van der Waals surface area contributed by atoms with Gasteiger partial charge in [-0.2, -0.15) is 9.97 Å². The van der Waals surface area contributed by atoms with Gasteiger partial charge in [0.05, 0.1) is 19.3 Å². The minimum absolute atomic E-state index is 0.0253. The first-order chi connectivity index (χ1) is 42.9. The van der Waals surface area contributed by atoms with Crippen molar-refractivity contribution in [2.75, 3.05) is 37.9 Å². The highest BCUT2D eigenvalue weighted by Crippen LogP contribution is 2.38. The molecular weight excluding hydrogens is 1150 g/mol. The number of imidazole rings is 2. The molecule has 19 heteroatoms. The second-order valence-corrected chi connectivity index (χ2v) is 34.6. The van der Waals surface area contributed by atoms with Crippen molar-refractivity contribution in [1.29, 1.82) is 0 Å². The van der Waals surface area contributed by atoms with Gasteiger partial charge in [0.15, 0.2) is 22.3 Å². The molecule has 0 aliphatic heterocycles. The van der Waals surface area contributed by atoms with Gasteiger partial charge in [0.1, 0.15) is 0 Å². The number of nitrogens with zero attached hydrogens (tertiary/aromatic N) is 6. The summed E-state index contributed by atoms with van der Waals surface area (Å²) < 4.78 is 23.7. The van der Waals surface area contributed by atoms with Crippen molar-refractivity contribution in [3.63, 3.8) is 0 Å². The summed E-state index contributed by atoms with van der Waals surface area (Å²) in [5.41, 5.74) is 12.2. The van der Waals surface area contributed by atoms with Crippen LogP contribution in [0.5, 0.6) is 0 Å². The molecule has 0 unspecified atom stereocenters. The maximum absolute atomic E-state index is 13.0. The van der Waals surface area contributed by atoms with Crippen LogP contribution in [0, 0.1) is 11.8 Å². The first-order valence-electron chi connectivity index (χ1n) is 32.6. The van der Waals surface area contributed by atoms with E-state index in [2.05, 4.69) is 175 Å². The van der Waals surface area contributed by atoms with E-state index in [0.717, 1.165) is 19.3 Å². The molecule has 0 bridgehead atoms. The average molecular weight is 1250 g/mol. The van der Waals surface area contributed by atoms with Crippen LogP contribution < -0.4 is 43.3 Å². The van der Waals surface area contributed by atoms with Crippen LogP contribution in [-0.2, 0) is 31.5 Å². The van der Waals surface area contributed by atoms with Gasteiger partial charge in [-0.05, 0) is 50.1 Å². The van der Waals surface area contributed by atoms with Gasteiger partial charge in [-0.3, -0.25) is 24.4 Å². The molecule has 0 aliphatic rings. The van der Waals surface area contributed by atoms with Crippen molar-refractivity contribution in [2.45, 2.75) is 187 Å². The monoisotopic (exact) mass is 1250 g/mol. The molecule has 4 aromatic heterocycles. The van der Waals surface area contributed by atoms with Crippen LogP contribution in [0.1, 0.15) is 164 Å². The van der Waals surface area contributed by atoms with E-state index in [4.69, 9.17) is 25.1 Å². The lowest BCUT2D eigenvalue weighted by Crippen LogP contribution is -2.66. The van der Waals surface area contributed by atoms with E-state index in [-0.39, 0.29) is 75.1 Å². The Morgan fingerprint density at radius 3 is 1.21 bits per heavy atom. The van der Waals surface area contributed by atoms with E-state index in [1.165, 1.54) is 97.8 Å². The quantitative estimate of drug-likeness (QED) is 0.0141. The number of aromatic amines is 2. The zero-order valence-electron chi connectivity index (χ0n) is 54.1. The molecule has 0 aliphatic carbocycles. The smallest absolute Gasteiger partial charge is 0.305 e. The van der Waals surface area contributed by atoms with Crippen molar-refractivity contribution in [2.24, 2.45) is 11.8 Å². The van der Waals surface area contributed by atoms with E-state index in [0.29, 0.717) is 56.9 Å². The molecule has 7 N–H and O–H groups in total. The van der Waals surface area contributed by atoms with Crippen LogP contribution in [0.3, 0.4) is 0 Å². The minimum Gasteiger partial charge on any atom is -0.465 e. The number of aliphatic hydroxyl groups excluding tert-OH is 1. The SMILES string of the molecule is CC(C)(C)[Si](OCC[C@@H](CO)Cn1cnc2c(=O)[nH]c(N)nc21)(c1ccccc1)c1ccccc1.CCCCCCCCCCCCCCCCCC(=O)OC[C@H](CCO[Si](c1ccccc1)(c1ccccc1)C(C)(C)C)Cn1cnc2c(=O)[nH]c(N)nc21. The minimum atomic E-state index is -2.75. The zero-order chi connectivity index (χ0) is 63.7. The third-order valence-electron chi connectivity index (χ3n) is 17.1. The molecule has 0 radical (unpaired) electrons. The number of carbonyl (C=O) groups is 1. The molecule has 0 amide bonds. The highest BCUT2D eigenvalue weighted by atomic mass is 28.4. The molecule has 0 saturated heterocycles. The Labute approximate surface area is 529 Å². The number of ether oxygens (including phenoxy) is 1. The first kappa shape index (κ1) is 69.4. The molecule has 8 aromatic rings. The fourth-order valence-corrected chi connectivity index (χ4v) is 21.6. The number of carbonyl (C=O) groups excluding carboxylic acids is 1. The van der Waals surface area contributed by atoms with E-state index < -0.39 is 16.6 Å². The number of aromatic nitrogens is 8. The maximum Gasteiger partial charge on any atom is 0.305 e. The highest BCUT2D eigenvalue weighted by Gasteiger charge is 2.51. The van der Waals surface area contributed by atoms with Crippen molar-refractivity contribution in [3.8, 4) is 0 Å². The standard InChI is InChI=1S/C44H67N5O4Si.C26H33N5O3Si/c1-5-6-7-8-9-10-11-12-13-14-15-16-17-18-25-30-39(50)52-34-36(33-49-35-46-40-41(49)47-43(45)48-42(40)51)31-32-53-54(44(2,3)4,37-26-21-19-22-27-37)38-28-23-20-24-29-38;1-26(2,3)35(20-10-6-4-7-11-20,21-12-8-5-9-13-21)34-15-14-19(17-32)16-31-18-28-22-23(31)29-25(27)30-24(22)33/h19-24,26-29,35-36H,5-18,25,30-34H2,1-4H3,(H3,45,47,48,51);4-13,18-19,32H,14-17H2,1-3H3,(H3,27,29,30,33)/t36-;19-/m11/s1. The molecule has 4 heterocycles. The molecular formula is C70H100N10O7Si2. The van der Waals surface area contributed by atoms with Gasteiger partial charge < -0.3 is 39.3 Å². The predicted molar refractivity (Wildman–Crippen MR) is 366 cm³/mol. The predicted octanol–water partition coefficient (Wildman–Crippen LogP) is 11.4. The number of fused-ring (bicyclic) bond motifs is 2. The van der Waals surface area contributed by atoms with Crippen LogP contribution in [0.25, 0.3) is 22.3 Å². The third-order valence-corrected chi connectivity index (χ3v) is 27.2. The Bertz CT molecular complexity index is 3400. The average Bonchev–Trinajstić information content (AvgIpc) is 1.66. The van der Waals surface area contributed by atoms with Gasteiger partial charge in [-0.1, -0.05) is 260 Å². The normalized spacial score (nSPS) is 12.9. The first-order valence-corrected chi connectivity index (χ1v) is 36.4. The number of aliphatic hydroxyl groups is 1. The van der Waals surface area contributed by atoms with Crippen molar-refractivity contribution >= 4 is 77.6 Å². The lowest BCUT2D eigenvalue weighted by atomic mass is 10.0. The summed E-state index contributed by atoms with van der Waals surface area (Å²) in [6.45, 7) is 17.9. The Morgan fingerprint density at radius 1 is 0.528 bits per heavy atom. The van der Waals surface area contributed by atoms with E-state index in [1.54, 1.807) is 17.2 Å². The topological polar surface area (TPSA) is 244 Å². The number of rotatable bonds is 35. The van der Waals surface area contributed by atoms with Crippen molar-refractivity contribution < 1.29 is 23.5 Å². The Balaban J connectivity index is 0.000000277. The number of anilines is 2. The number of hydrogen-bond acceptors (Lipinski definition) is 13. The van der Waals surface area contributed by atoms with E-state index in [9.17, 15) is 19.5 Å². The highest BCUT2D eigenvalue weighted by molar-refractivity contribution is 7.00. The summed E-state index contributed by atoms with van der Waals surface area (Å²) in [6, 6.07) is 42.2. The second-order valence-electron chi connectivity index (χ2n) is 25.9. The molecule has 2 atom stereocenters. The van der Waals surface area contributed by atoms with E-state index >= 15 is 0 Å². The Morgan fingerprint density at radius 2 is 0.865 bits per heavy atom. The second kappa shape index (κ2) is 34.2. The number of benzene rings is 4. The number of nitrogens with two attached hydrogens (primary N) is 2. The van der Waals surface area contributed by atoms with Crippen molar-refractivity contribution in [3.05, 3.63) is 155 Å². The summed E-state index contributed by atoms with van der Waals surface area (Å²) in [5.74, 6) is -0.298. The Hall–Kier alpha value is -7.04. The summed E-state index contributed by atoms with van der Waals surface area (Å²) in [4.78, 5) is 59.7. The lowest BCUT2D eigenvalue weighted by Gasteiger charge is -2.43. The number of hydrogen-bond donors (Lipinski definition) is 5. The molecule has 8 rings (SSSR count). The molecule has 17 nitrogen and oxygen atoms in total. The fraction of sp³-hybridized carbons (Fsp3) is 0.500. The van der Waals surface area contributed by atoms with Crippen LogP contribution in [0.15, 0.2) is 144 Å². The van der Waals surface area contributed by atoms with E-state index in [1.807, 2.05) is 28.8 Å². The van der Waals surface area contributed by atoms with Crippen LogP contribution in [0.4, 0.5) is 11.9 Å². The maximum atomic E-state index is 13.0. The lowest BCUT2D eigenvalue weighted by molar-refractivity contribution is -0.145. The molecule has 89 heavy (non-hydrogen) atoms. The fourth-order valence-electron chi connectivity index (χ4n) is 12.4. The number of esters is 1. The van der Waals surface area contributed by atoms with Gasteiger partial charge in [0.25, 0.3) is 27.8 Å². The van der Waals surface area contributed by atoms with Gasteiger partial charge >= 0.3 is 5.97 Å². The van der Waals surface area contributed by atoms with Gasteiger partial charge in [0.2, 0.25) is 11.9 Å². The molecule has 0 saturated carbocycles. The summed E-state index contributed by atoms with van der Waals surface area (Å²) in [7, 11) is -5.39. The number of nitrogens with one attached hydrogen (secondary N) is 2. The third kappa shape index (κ3) is 19.0. The zero-order valence-corrected chi connectivity index (χ0v) is 56.1. The van der Waals surface area contributed by atoms with Crippen LogP contribution in [-0.4, -0.2) is 93.2 Å². The van der Waals surface area contributed by atoms with Crippen LogP contribution >= 0.6 is 0 Å². The number of unbranched alkanes of at least 4 members (excludes halogenated alkanes) is 14. The van der Waals surface area contributed by atoms with Gasteiger partial charge in [-0.15, -0.1) is 0 Å². The van der Waals surface area contributed by atoms with Gasteiger partial charge in [-0.25, -0.2) is 9.97 Å². The number of H-pyrrole nitrogens is 2. The van der Waals surface area contributed by atoms with Crippen LogP contribution in [0.2, 0.25) is 10.1 Å². The van der Waals surface area contributed by atoms with Crippen molar-refractivity contribution in [1.82, 2.24) is 39.0 Å². The Kier molecular flexibility index (Phi) is 26.7. The largest absolute Gasteiger partial charge is 0.465 e. The molecule has 4 aromatic carbocycles. The van der Waals surface area contributed by atoms with Gasteiger partial charge in [0, 0.05) is 51.2 Å². The molecule has 0 spiro atoms. The molecule has 0 fully saturated rings. The summed E-state index contributed by atoms with van der Waals surface area (Å²) in [6.07, 6.45) is 24.2. The summed E-state index contributed by atoms with van der Waals surface area (Å²) in [5, 5.41) is 14.7. The number of nitrogen functional groups attached to an aromatic ring is 2. The molecule has 480 valence electrons.